The zero-order chi connectivity index (χ0) is 13.4. The van der Waals surface area contributed by atoms with Gasteiger partial charge in [-0.15, -0.1) is 0 Å². The molecule has 19 heavy (non-hydrogen) atoms. The Morgan fingerprint density at radius 3 is 2.63 bits per heavy atom. The molecule has 0 aromatic carbocycles. The highest BCUT2D eigenvalue weighted by atomic mass is 16.4. The van der Waals surface area contributed by atoms with Crippen molar-refractivity contribution in [2.45, 2.75) is 44.1 Å². The van der Waals surface area contributed by atoms with E-state index in [2.05, 4.69) is 5.10 Å². The molecule has 2 heterocycles. The van der Waals surface area contributed by atoms with Crippen molar-refractivity contribution in [2.24, 2.45) is 0 Å². The van der Waals surface area contributed by atoms with Gasteiger partial charge >= 0.3 is 6.09 Å². The molecule has 1 aliphatic heterocycles. The summed E-state index contributed by atoms with van der Waals surface area (Å²) in [5.74, 6) is 0.930. The Labute approximate surface area is 112 Å². The van der Waals surface area contributed by atoms with Crippen LogP contribution in [0.2, 0.25) is 0 Å². The van der Waals surface area contributed by atoms with Crippen molar-refractivity contribution in [1.82, 2.24) is 14.7 Å². The predicted octanol–water partition coefficient (Wildman–Crippen LogP) is 2.05. The van der Waals surface area contributed by atoms with Crippen LogP contribution in [0.1, 0.15) is 49.8 Å². The van der Waals surface area contributed by atoms with Gasteiger partial charge in [0.2, 0.25) is 0 Å². The minimum atomic E-state index is -0.851. The minimum Gasteiger partial charge on any atom is -0.465 e. The van der Waals surface area contributed by atoms with Gasteiger partial charge in [-0.1, -0.05) is 19.3 Å². The fraction of sp³-hybridized carbons (Fsp3) is 0.692. The van der Waals surface area contributed by atoms with Crippen LogP contribution in [-0.4, -0.2) is 39.0 Å². The highest BCUT2D eigenvalue weighted by Gasteiger charge is 2.34. The van der Waals surface area contributed by atoms with E-state index in [9.17, 15) is 4.79 Å². The third kappa shape index (κ3) is 2.27. The molecule has 0 atom stereocenters. The summed E-state index contributed by atoms with van der Waals surface area (Å²) in [6, 6.07) is 2.34. The molecule has 104 valence electrons. The van der Waals surface area contributed by atoms with Gasteiger partial charge < -0.3 is 15.7 Å². The molecular formula is C13H20N4O2. The third-order valence-electron chi connectivity index (χ3n) is 4.27. The van der Waals surface area contributed by atoms with Gasteiger partial charge in [0.1, 0.15) is 5.82 Å². The molecule has 1 amide bonds. The van der Waals surface area contributed by atoms with E-state index in [1.165, 1.54) is 24.2 Å². The fourth-order valence-electron chi connectivity index (χ4n) is 3.07. The van der Waals surface area contributed by atoms with Gasteiger partial charge in [-0.2, -0.15) is 5.10 Å². The summed E-state index contributed by atoms with van der Waals surface area (Å²) in [5, 5.41) is 13.5. The summed E-state index contributed by atoms with van der Waals surface area (Å²) in [4.78, 5) is 12.2. The van der Waals surface area contributed by atoms with Crippen LogP contribution in [-0.2, 0) is 0 Å². The molecule has 1 saturated carbocycles. The van der Waals surface area contributed by atoms with Gasteiger partial charge in [0.25, 0.3) is 0 Å². The van der Waals surface area contributed by atoms with Crippen LogP contribution in [0.15, 0.2) is 6.07 Å². The molecule has 1 saturated heterocycles. The lowest BCUT2D eigenvalue weighted by atomic mass is 9.96. The van der Waals surface area contributed by atoms with E-state index in [-0.39, 0.29) is 5.92 Å². The number of amides is 1. The van der Waals surface area contributed by atoms with Crippen molar-refractivity contribution in [3.63, 3.8) is 0 Å². The third-order valence-corrected chi connectivity index (χ3v) is 4.27. The molecular weight excluding hydrogens is 244 g/mol. The van der Waals surface area contributed by atoms with Crippen LogP contribution < -0.4 is 5.73 Å². The molecule has 0 spiro atoms. The van der Waals surface area contributed by atoms with E-state index in [4.69, 9.17) is 10.8 Å². The first kappa shape index (κ1) is 12.3. The summed E-state index contributed by atoms with van der Waals surface area (Å²) in [6.45, 7) is 1.08. The maximum Gasteiger partial charge on any atom is 0.407 e. The molecule has 1 aromatic rings. The molecule has 2 fully saturated rings. The first-order valence-electron chi connectivity index (χ1n) is 6.98. The number of nitrogens with zero attached hydrogens (tertiary/aromatic N) is 3. The molecule has 6 heteroatoms. The van der Waals surface area contributed by atoms with Crippen molar-refractivity contribution in [2.75, 3.05) is 18.8 Å². The fourth-order valence-corrected chi connectivity index (χ4v) is 3.07. The summed E-state index contributed by atoms with van der Waals surface area (Å²) in [5.41, 5.74) is 7.00. The lowest BCUT2D eigenvalue weighted by Gasteiger charge is -2.35. The number of likely N-dealkylation sites (tertiary alicyclic amines) is 1. The summed E-state index contributed by atoms with van der Waals surface area (Å²) < 4.78 is 1.96. The first-order chi connectivity index (χ1) is 9.15. The Hall–Kier alpha value is -1.72. The van der Waals surface area contributed by atoms with Crippen LogP contribution >= 0.6 is 0 Å². The molecule has 6 nitrogen and oxygen atoms in total. The van der Waals surface area contributed by atoms with Crippen molar-refractivity contribution >= 4 is 11.9 Å². The maximum atomic E-state index is 10.8. The monoisotopic (exact) mass is 264 g/mol. The number of anilines is 1. The number of carbonyl (C=O) groups is 1. The maximum absolute atomic E-state index is 10.8. The molecule has 0 unspecified atom stereocenters. The zero-order valence-corrected chi connectivity index (χ0v) is 11.0. The number of carboxylic acid groups (broad SMARTS) is 1. The van der Waals surface area contributed by atoms with E-state index in [1.807, 2.05) is 10.7 Å². The van der Waals surface area contributed by atoms with Crippen molar-refractivity contribution in [3.05, 3.63) is 11.8 Å². The Bertz CT molecular complexity index is 473. The average molecular weight is 264 g/mol. The minimum absolute atomic E-state index is 0.211. The highest BCUT2D eigenvalue weighted by Crippen LogP contribution is 2.32. The van der Waals surface area contributed by atoms with Crippen LogP contribution in [0, 0.1) is 0 Å². The topological polar surface area (TPSA) is 84.4 Å². The summed E-state index contributed by atoms with van der Waals surface area (Å²) in [7, 11) is 0. The van der Waals surface area contributed by atoms with Gasteiger partial charge in [0, 0.05) is 25.1 Å². The van der Waals surface area contributed by atoms with Crippen LogP contribution in [0.3, 0.4) is 0 Å². The number of nitrogen functional groups attached to an aromatic ring is 1. The number of hydrogen-bond donors (Lipinski definition) is 2. The molecule has 0 bridgehead atoms. The van der Waals surface area contributed by atoms with Gasteiger partial charge in [-0.3, -0.25) is 0 Å². The first-order valence-corrected chi connectivity index (χ1v) is 6.98. The van der Waals surface area contributed by atoms with E-state index < -0.39 is 6.09 Å². The van der Waals surface area contributed by atoms with E-state index in [0.29, 0.717) is 19.1 Å². The Morgan fingerprint density at radius 1 is 1.32 bits per heavy atom. The molecule has 1 aliphatic carbocycles. The van der Waals surface area contributed by atoms with Crippen LogP contribution in [0.25, 0.3) is 0 Å². The molecule has 1 aromatic heterocycles. The predicted molar refractivity (Wildman–Crippen MR) is 71.1 cm³/mol. The molecule has 0 radical (unpaired) electrons. The van der Waals surface area contributed by atoms with Crippen molar-refractivity contribution in [1.29, 1.82) is 0 Å². The number of nitrogens with two attached hydrogens (primary N) is 1. The second kappa shape index (κ2) is 4.75. The van der Waals surface area contributed by atoms with Gasteiger partial charge in [-0.25, -0.2) is 9.48 Å². The highest BCUT2D eigenvalue weighted by molar-refractivity contribution is 5.66. The van der Waals surface area contributed by atoms with Gasteiger partial charge in [-0.05, 0) is 12.8 Å². The van der Waals surface area contributed by atoms with Gasteiger partial charge in [0.05, 0.1) is 11.7 Å². The Kier molecular flexibility index (Phi) is 3.08. The Balaban J connectivity index is 1.69. The lowest BCUT2D eigenvalue weighted by molar-refractivity contribution is 0.104. The average Bonchev–Trinajstić information content (AvgIpc) is 2.70. The molecule has 3 rings (SSSR count). The van der Waals surface area contributed by atoms with Crippen LogP contribution in [0.4, 0.5) is 10.6 Å². The normalized spacial score (nSPS) is 21.4. The van der Waals surface area contributed by atoms with E-state index in [1.54, 1.807) is 0 Å². The second-order valence-corrected chi connectivity index (χ2v) is 5.61. The number of rotatable bonds is 2. The number of hydrogen-bond acceptors (Lipinski definition) is 3. The SMILES string of the molecule is Nc1cc(C2CN(C(=O)O)C2)nn1C1CCCCC1. The van der Waals surface area contributed by atoms with E-state index in [0.717, 1.165) is 24.4 Å². The lowest BCUT2D eigenvalue weighted by Crippen LogP contribution is -2.47. The molecule has 3 N–H and O–H groups in total. The molecule has 2 aliphatic rings. The van der Waals surface area contributed by atoms with Crippen molar-refractivity contribution in [3.8, 4) is 0 Å². The standard InChI is InChI=1S/C13H20N4O2/c14-12-6-11(9-7-16(8-9)13(18)19)15-17(12)10-4-2-1-3-5-10/h6,9-10H,1-5,7-8,14H2,(H,18,19). The van der Waals surface area contributed by atoms with Crippen molar-refractivity contribution < 1.29 is 9.90 Å². The van der Waals surface area contributed by atoms with Gasteiger partial charge in [0.15, 0.2) is 0 Å². The number of aromatic nitrogens is 2. The van der Waals surface area contributed by atoms with E-state index >= 15 is 0 Å². The quantitative estimate of drug-likeness (QED) is 0.856. The second-order valence-electron chi connectivity index (χ2n) is 5.61. The Morgan fingerprint density at radius 2 is 2.00 bits per heavy atom. The largest absolute Gasteiger partial charge is 0.465 e. The smallest absolute Gasteiger partial charge is 0.407 e. The summed E-state index contributed by atoms with van der Waals surface area (Å²) >= 11 is 0. The van der Waals surface area contributed by atoms with Crippen LogP contribution in [0.5, 0.6) is 0 Å². The zero-order valence-electron chi connectivity index (χ0n) is 11.0. The summed E-state index contributed by atoms with van der Waals surface area (Å²) in [6.07, 6.45) is 5.25.